The van der Waals surface area contributed by atoms with E-state index in [9.17, 15) is 13.2 Å². The van der Waals surface area contributed by atoms with Crippen molar-refractivity contribution in [1.29, 1.82) is 0 Å². The van der Waals surface area contributed by atoms with E-state index < -0.39 is 16.1 Å². The van der Waals surface area contributed by atoms with Gasteiger partial charge in [-0.25, -0.2) is 17.5 Å². The average molecular weight is 313 g/mol. The molecule has 1 unspecified atom stereocenters. The zero-order valence-corrected chi connectivity index (χ0v) is 13.7. The van der Waals surface area contributed by atoms with Crippen molar-refractivity contribution in [3.63, 3.8) is 0 Å². The van der Waals surface area contributed by atoms with Crippen LogP contribution in [-0.2, 0) is 10.0 Å². The Morgan fingerprint density at radius 2 is 2.00 bits per heavy atom. The normalized spacial score (nSPS) is 12.8. The Labute approximate surface area is 126 Å². The van der Waals surface area contributed by atoms with Gasteiger partial charge in [-0.1, -0.05) is 19.1 Å². The van der Waals surface area contributed by atoms with Gasteiger partial charge in [-0.2, -0.15) is 0 Å². The summed E-state index contributed by atoms with van der Waals surface area (Å²) in [5, 5.41) is 2.66. The van der Waals surface area contributed by atoms with Crippen LogP contribution in [-0.4, -0.2) is 31.3 Å². The van der Waals surface area contributed by atoms with Crippen LogP contribution < -0.4 is 11.1 Å². The molecular weight excluding hydrogens is 290 g/mol. The van der Waals surface area contributed by atoms with Crippen molar-refractivity contribution in [3.8, 4) is 0 Å². The van der Waals surface area contributed by atoms with E-state index >= 15 is 0 Å². The maximum atomic E-state index is 12.6. The number of nitrogen functional groups attached to an aromatic ring is 1. The predicted molar refractivity (Wildman–Crippen MR) is 83.4 cm³/mol. The van der Waals surface area contributed by atoms with Gasteiger partial charge in [0.05, 0.1) is 5.69 Å². The molecule has 0 spiro atoms. The molecule has 0 aliphatic rings. The smallest absolute Gasteiger partial charge is 0.331 e. The molecule has 7 heteroatoms. The van der Waals surface area contributed by atoms with E-state index in [0.29, 0.717) is 5.56 Å². The summed E-state index contributed by atoms with van der Waals surface area (Å²) in [6.45, 7) is 7.11. The number of urea groups is 1. The third kappa shape index (κ3) is 3.66. The number of aryl methyl sites for hydroxylation is 1. The fraction of sp³-hybridized carbons (Fsp3) is 0.500. The van der Waals surface area contributed by atoms with Gasteiger partial charge in [0.15, 0.2) is 0 Å². The topological polar surface area (TPSA) is 92.5 Å². The van der Waals surface area contributed by atoms with Gasteiger partial charge < -0.3 is 11.1 Å². The van der Waals surface area contributed by atoms with E-state index in [4.69, 9.17) is 5.73 Å². The minimum Gasteiger partial charge on any atom is -0.397 e. The van der Waals surface area contributed by atoms with Crippen LogP contribution in [0.1, 0.15) is 32.8 Å². The monoisotopic (exact) mass is 313 g/mol. The van der Waals surface area contributed by atoms with Crippen LogP contribution in [0.25, 0.3) is 0 Å². The number of anilines is 1. The molecule has 0 fully saturated rings. The quantitative estimate of drug-likeness (QED) is 0.814. The van der Waals surface area contributed by atoms with Crippen molar-refractivity contribution in [3.05, 3.63) is 23.8 Å². The lowest BCUT2D eigenvalue weighted by atomic mass is 10.2. The van der Waals surface area contributed by atoms with E-state index in [1.807, 2.05) is 13.8 Å². The molecule has 6 nitrogen and oxygen atoms in total. The second-order valence-corrected chi connectivity index (χ2v) is 6.75. The van der Waals surface area contributed by atoms with E-state index in [0.717, 1.165) is 10.7 Å². The molecule has 0 saturated carbocycles. The maximum Gasteiger partial charge on any atom is 0.331 e. The summed E-state index contributed by atoms with van der Waals surface area (Å²) in [6, 6.07) is 4.02. The second kappa shape index (κ2) is 6.80. The lowest BCUT2D eigenvalue weighted by Gasteiger charge is -2.24. The second-order valence-electron chi connectivity index (χ2n) is 4.92. The summed E-state index contributed by atoms with van der Waals surface area (Å²) in [7, 11) is -3.96. The predicted octanol–water partition coefficient (Wildman–Crippen LogP) is 2.10. The molecule has 0 saturated heterocycles. The minimum atomic E-state index is -3.96. The number of nitrogens with zero attached hydrogens (tertiary/aromatic N) is 1. The first-order valence-corrected chi connectivity index (χ1v) is 8.38. The van der Waals surface area contributed by atoms with Gasteiger partial charge in [0, 0.05) is 12.6 Å². The summed E-state index contributed by atoms with van der Waals surface area (Å²) in [5.74, 6) is 0. The van der Waals surface area contributed by atoms with E-state index in [-0.39, 0.29) is 23.2 Å². The number of sulfonamides is 1. The summed E-state index contributed by atoms with van der Waals surface area (Å²) < 4.78 is 26.1. The van der Waals surface area contributed by atoms with Gasteiger partial charge in [0.25, 0.3) is 10.0 Å². The van der Waals surface area contributed by atoms with Gasteiger partial charge in [-0.3, -0.25) is 0 Å². The highest BCUT2D eigenvalue weighted by Gasteiger charge is 2.30. The SMILES string of the molecule is CCC(C)NC(=O)N(CC)S(=O)(=O)c1cccc(C)c1N. The van der Waals surface area contributed by atoms with Crippen molar-refractivity contribution >= 4 is 21.7 Å². The minimum absolute atomic E-state index is 0.0383. The molecule has 3 N–H and O–H groups in total. The van der Waals surface area contributed by atoms with Crippen LogP contribution in [0.3, 0.4) is 0 Å². The Morgan fingerprint density at radius 1 is 1.38 bits per heavy atom. The lowest BCUT2D eigenvalue weighted by Crippen LogP contribution is -2.46. The van der Waals surface area contributed by atoms with Gasteiger partial charge in [0.2, 0.25) is 0 Å². The number of nitrogens with one attached hydrogen (secondary N) is 1. The third-order valence-corrected chi connectivity index (χ3v) is 5.26. The number of hydrogen-bond acceptors (Lipinski definition) is 4. The largest absolute Gasteiger partial charge is 0.397 e. The molecule has 2 amide bonds. The Kier molecular flexibility index (Phi) is 5.60. The zero-order valence-electron chi connectivity index (χ0n) is 12.9. The van der Waals surface area contributed by atoms with Crippen molar-refractivity contribution < 1.29 is 13.2 Å². The summed E-state index contributed by atoms with van der Waals surface area (Å²) in [6.07, 6.45) is 0.718. The standard InChI is InChI=1S/C14H23N3O3S/c1-5-11(4)16-14(18)17(6-2)21(19,20)12-9-7-8-10(3)13(12)15/h7-9,11H,5-6,15H2,1-4H3,(H,16,18). The number of benzene rings is 1. The fourth-order valence-electron chi connectivity index (χ4n) is 1.80. The number of carbonyl (C=O) groups excluding carboxylic acids is 1. The molecule has 21 heavy (non-hydrogen) atoms. The molecule has 1 aromatic carbocycles. The summed E-state index contributed by atoms with van der Waals surface area (Å²) >= 11 is 0. The van der Waals surface area contributed by atoms with Crippen LogP contribution >= 0.6 is 0 Å². The van der Waals surface area contributed by atoms with Crippen LogP contribution in [0.5, 0.6) is 0 Å². The van der Waals surface area contributed by atoms with Crippen molar-refractivity contribution in [1.82, 2.24) is 9.62 Å². The number of rotatable bonds is 5. The Morgan fingerprint density at radius 3 is 2.52 bits per heavy atom. The van der Waals surface area contributed by atoms with Crippen LogP contribution in [0.4, 0.5) is 10.5 Å². The van der Waals surface area contributed by atoms with Crippen molar-refractivity contribution in [2.45, 2.75) is 45.1 Å². The van der Waals surface area contributed by atoms with Crippen molar-refractivity contribution in [2.24, 2.45) is 0 Å². The molecule has 0 aliphatic heterocycles. The van der Waals surface area contributed by atoms with E-state index in [2.05, 4.69) is 5.32 Å². The Bertz CT molecular complexity index is 614. The summed E-state index contributed by atoms with van der Waals surface area (Å²) in [5.41, 5.74) is 6.69. The van der Waals surface area contributed by atoms with Crippen LogP contribution in [0, 0.1) is 6.92 Å². The first kappa shape index (κ1) is 17.3. The highest BCUT2D eigenvalue weighted by molar-refractivity contribution is 7.89. The maximum absolute atomic E-state index is 12.6. The molecule has 0 radical (unpaired) electrons. The zero-order chi connectivity index (χ0) is 16.2. The number of hydrogen-bond donors (Lipinski definition) is 2. The number of nitrogens with two attached hydrogens (primary N) is 1. The third-order valence-electron chi connectivity index (χ3n) is 3.35. The van der Waals surface area contributed by atoms with Gasteiger partial charge >= 0.3 is 6.03 Å². The molecule has 1 aromatic rings. The average Bonchev–Trinajstić information content (AvgIpc) is 2.41. The molecule has 118 valence electrons. The Balaban J connectivity index is 3.20. The van der Waals surface area contributed by atoms with Crippen LogP contribution in [0.15, 0.2) is 23.1 Å². The van der Waals surface area contributed by atoms with Crippen molar-refractivity contribution in [2.75, 3.05) is 12.3 Å². The first-order chi connectivity index (χ1) is 9.75. The Hall–Kier alpha value is -1.76. The molecule has 0 aliphatic carbocycles. The molecular formula is C14H23N3O3S. The first-order valence-electron chi connectivity index (χ1n) is 6.94. The number of amides is 2. The number of para-hydroxylation sites is 1. The van der Waals surface area contributed by atoms with Gasteiger partial charge in [-0.05, 0) is 38.8 Å². The van der Waals surface area contributed by atoms with Gasteiger partial charge in [0.1, 0.15) is 4.90 Å². The number of carbonyl (C=O) groups is 1. The molecule has 1 atom stereocenters. The lowest BCUT2D eigenvalue weighted by molar-refractivity contribution is 0.220. The van der Waals surface area contributed by atoms with E-state index in [1.54, 1.807) is 26.0 Å². The highest BCUT2D eigenvalue weighted by Crippen LogP contribution is 2.25. The fourth-order valence-corrected chi connectivity index (χ4v) is 3.34. The van der Waals surface area contributed by atoms with Crippen LogP contribution in [0.2, 0.25) is 0 Å². The molecule has 0 aromatic heterocycles. The highest BCUT2D eigenvalue weighted by atomic mass is 32.2. The summed E-state index contributed by atoms with van der Waals surface area (Å²) in [4.78, 5) is 12.1. The molecule has 1 rings (SSSR count). The molecule has 0 bridgehead atoms. The molecule has 0 heterocycles. The van der Waals surface area contributed by atoms with E-state index in [1.165, 1.54) is 6.07 Å². The van der Waals surface area contributed by atoms with Gasteiger partial charge in [-0.15, -0.1) is 0 Å².